The van der Waals surface area contributed by atoms with Crippen molar-refractivity contribution in [2.24, 2.45) is 0 Å². The number of Topliss-reactive ketones (excluding diaryl/α,β-unsaturated/α-hetero) is 1. The molecule has 8 heteroatoms. The van der Waals surface area contributed by atoms with Gasteiger partial charge in [-0.1, -0.05) is 0 Å². The van der Waals surface area contributed by atoms with Gasteiger partial charge < -0.3 is 14.0 Å². The number of methoxy groups -OCH3 is 1. The number of carbonyl (C=O) groups excluding carboxylic acids is 1. The zero-order chi connectivity index (χ0) is 19.4. The number of benzene rings is 1. The van der Waals surface area contributed by atoms with Gasteiger partial charge >= 0.3 is 5.69 Å². The monoisotopic (exact) mass is 364 g/mol. The number of aromatic nitrogens is 1. The summed E-state index contributed by atoms with van der Waals surface area (Å²) in [5, 5.41) is 11.0. The largest absolute Gasteiger partial charge is 0.478 e. The Labute approximate surface area is 150 Å². The Morgan fingerprint density at radius 3 is 2.65 bits per heavy atom. The number of aryl methyl sites for hydroxylation is 1. The first kappa shape index (κ1) is 19.6. The van der Waals surface area contributed by atoms with E-state index in [2.05, 4.69) is 0 Å². The van der Waals surface area contributed by atoms with Crippen LogP contribution in [0.25, 0.3) is 0 Å². The van der Waals surface area contributed by atoms with Crippen molar-refractivity contribution >= 4 is 11.5 Å². The number of ketones is 1. The Kier molecular flexibility index (Phi) is 6.10. The number of nitro groups is 1. The molecule has 0 amide bonds. The Bertz CT molecular complexity index is 831. The van der Waals surface area contributed by atoms with Gasteiger partial charge in [-0.15, -0.1) is 0 Å². The second kappa shape index (κ2) is 8.09. The number of hydrogen-bond acceptors (Lipinski definition) is 5. The van der Waals surface area contributed by atoms with Crippen molar-refractivity contribution in [2.75, 3.05) is 20.3 Å². The van der Waals surface area contributed by atoms with Crippen LogP contribution in [0.2, 0.25) is 0 Å². The third-order valence-corrected chi connectivity index (χ3v) is 4.11. The van der Waals surface area contributed by atoms with Gasteiger partial charge in [0, 0.05) is 36.2 Å². The Hall–Kier alpha value is -2.74. The van der Waals surface area contributed by atoms with Crippen LogP contribution in [0.15, 0.2) is 24.3 Å². The number of carbonyl (C=O) groups is 1. The molecule has 0 unspecified atom stereocenters. The van der Waals surface area contributed by atoms with E-state index >= 15 is 0 Å². The third-order valence-electron chi connectivity index (χ3n) is 4.11. The highest BCUT2D eigenvalue weighted by molar-refractivity contribution is 5.98. The molecule has 1 heterocycles. The minimum absolute atomic E-state index is 0.0479. The summed E-state index contributed by atoms with van der Waals surface area (Å²) in [6.07, 6.45) is 0. The quantitative estimate of drug-likeness (QED) is 0.406. The van der Waals surface area contributed by atoms with Gasteiger partial charge in [-0.3, -0.25) is 14.9 Å². The highest BCUT2D eigenvalue weighted by atomic mass is 19.1. The van der Waals surface area contributed by atoms with Gasteiger partial charge in [-0.05, 0) is 32.9 Å². The Balaban J connectivity index is 2.21. The van der Waals surface area contributed by atoms with Crippen LogP contribution in [-0.4, -0.2) is 35.6 Å². The van der Waals surface area contributed by atoms with Crippen molar-refractivity contribution in [3.8, 4) is 5.75 Å². The van der Waals surface area contributed by atoms with Crippen molar-refractivity contribution in [1.29, 1.82) is 0 Å². The fourth-order valence-corrected chi connectivity index (χ4v) is 3.03. The molecule has 0 radical (unpaired) electrons. The molecule has 0 N–H and O–H groups in total. The summed E-state index contributed by atoms with van der Waals surface area (Å²) < 4.78 is 25.7. The van der Waals surface area contributed by atoms with Gasteiger partial charge in [0.1, 0.15) is 5.82 Å². The molecular formula is C18H21FN2O5. The average molecular weight is 364 g/mol. The van der Waals surface area contributed by atoms with E-state index < -0.39 is 23.0 Å². The number of rotatable bonds is 8. The van der Waals surface area contributed by atoms with E-state index in [1.54, 1.807) is 13.2 Å². The fourth-order valence-electron chi connectivity index (χ4n) is 3.03. The molecule has 0 aliphatic rings. The average Bonchev–Trinajstić information content (AvgIpc) is 2.87. The number of hydrogen-bond donors (Lipinski definition) is 0. The second-order valence-corrected chi connectivity index (χ2v) is 6.04. The number of ether oxygens (including phenoxy) is 2. The summed E-state index contributed by atoms with van der Waals surface area (Å²) in [6.45, 7) is 5.75. The van der Waals surface area contributed by atoms with Crippen molar-refractivity contribution < 1.29 is 23.6 Å². The molecule has 7 nitrogen and oxygen atoms in total. The highest BCUT2D eigenvalue weighted by Crippen LogP contribution is 2.28. The summed E-state index contributed by atoms with van der Waals surface area (Å²) in [7, 11) is 1.61. The first-order chi connectivity index (χ1) is 12.3. The molecule has 2 rings (SSSR count). The lowest BCUT2D eigenvalue weighted by atomic mass is 10.1. The van der Waals surface area contributed by atoms with Crippen LogP contribution in [0, 0.1) is 29.8 Å². The molecule has 1 aromatic heterocycles. The number of nitro benzene ring substituents is 1. The van der Waals surface area contributed by atoms with Crippen LogP contribution in [0.5, 0.6) is 5.75 Å². The molecule has 0 saturated carbocycles. The maximum absolute atomic E-state index is 13.3. The smallest absolute Gasteiger partial charge is 0.311 e. The zero-order valence-electron chi connectivity index (χ0n) is 15.1. The summed E-state index contributed by atoms with van der Waals surface area (Å²) in [4.78, 5) is 22.8. The zero-order valence-corrected chi connectivity index (χ0v) is 15.1. The van der Waals surface area contributed by atoms with Gasteiger partial charge in [0.05, 0.1) is 17.6 Å². The minimum atomic E-state index is -0.683. The van der Waals surface area contributed by atoms with E-state index in [4.69, 9.17) is 9.47 Å². The molecule has 2 aromatic rings. The summed E-state index contributed by atoms with van der Waals surface area (Å²) in [5.41, 5.74) is 1.73. The lowest BCUT2D eigenvalue weighted by Crippen LogP contribution is -2.16. The van der Waals surface area contributed by atoms with Crippen molar-refractivity contribution in [3.63, 3.8) is 0 Å². The molecule has 1 atom stereocenters. The molecule has 140 valence electrons. The van der Waals surface area contributed by atoms with Gasteiger partial charge in [-0.2, -0.15) is 0 Å². The highest BCUT2D eigenvalue weighted by Gasteiger charge is 2.21. The number of halogens is 1. The third kappa shape index (κ3) is 4.08. The Morgan fingerprint density at radius 2 is 2.04 bits per heavy atom. The van der Waals surface area contributed by atoms with Crippen LogP contribution in [0.1, 0.15) is 34.7 Å². The van der Waals surface area contributed by atoms with Crippen LogP contribution in [0.3, 0.4) is 0 Å². The second-order valence-electron chi connectivity index (χ2n) is 6.04. The maximum atomic E-state index is 13.3. The van der Waals surface area contributed by atoms with Gasteiger partial charge in [0.15, 0.2) is 12.4 Å². The van der Waals surface area contributed by atoms with Crippen LogP contribution < -0.4 is 4.74 Å². The molecule has 26 heavy (non-hydrogen) atoms. The van der Waals surface area contributed by atoms with E-state index in [1.807, 2.05) is 25.3 Å². The topological polar surface area (TPSA) is 83.6 Å². The van der Waals surface area contributed by atoms with Crippen molar-refractivity contribution in [1.82, 2.24) is 4.57 Å². The van der Waals surface area contributed by atoms with E-state index in [-0.39, 0.29) is 17.6 Å². The predicted molar refractivity (Wildman–Crippen MR) is 93.4 cm³/mol. The molecule has 0 saturated heterocycles. The first-order valence-corrected chi connectivity index (χ1v) is 8.03. The fraction of sp³-hybridized carbons (Fsp3) is 0.389. The molecular weight excluding hydrogens is 343 g/mol. The van der Waals surface area contributed by atoms with Gasteiger partial charge in [-0.25, -0.2) is 4.39 Å². The summed E-state index contributed by atoms with van der Waals surface area (Å²) in [5.74, 6) is -1.29. The van der Waals surface area contributed by atoms with E-state index in [0.717, 1.165) is 29.6 Å². The lowest BCUT2D eigenvalue weighted by Gasteiger charge is -2.17. The van der Waals surface area contributed by atoms with Crippen molar-refractivity contribution in [3.05, 3.63) is 57.1 Å². The maximum Gasteiger partial charge on any atom is 0.311 e. The van der Waals surface area contributed by atoms with Crippen LogP contribution in [-0.2, 0) is 4.74 Å². The molecule has 0 fully saturated rings. The molecule has 0 aliphatic heterocycles. The SMILES string of the molecule is COC[C@H](C)n1c(C)cc(C(=O)COc2cc(F)ccc2[N+](=O)[O-])c1C. The normalized spacial score (nSPS) is 12.0. The van der Waals surface area contributed by atoms with E-state index in [0.29, 0.717) is 12.2 Å². The minimum Gasteiger partial charge on any atom is -0.478 e. The van der Waals surface area contributed by atoms with Gasteiger partial charge in [0.2, 0.25) is 5.78 Å². The van der Waals surface area contributed by atoms with Crippen LogP contribution in [0.4, 0.5) is 10.1 Å². The number of nitrogens with zero attached hydrogens (tertiary/aromatic N) is 2. The molecule has 0 bridgehead atoms. The standard InChI is InChI=1S/C18H21FN2O5/c1-11-7-15(13(3)20(11)12(2)9-25-4)17(22)10-26-18-8-14(19)5-6-16(18)21(23)24/h5-8,12H,9-10H2,1-4H3/t12-/m0/s1. The predicted octanol–water partition coefficient (Wildman–Crippen LogP) is 3.62. The van der Waals surface area contributed by atoms with E-state index in [9.17, 15) is 19.3 Å². The molecule has 1 aromatic carbocycles. The Morgan fingerprint density at radius 1 is 1.35 bits per heavy atom. The van der Waals surface area contributed by atoms with Gasteiger partial charge in [0.25, 0.3) is 0 Å². The van der Waals surface area contributed by atoms with Crippen LogP contribution >= 0.6 is 0 Å². The molecule has 0 aliphatic carbocycles. The first-order valence-electron chi connectivity index (χ1n) is 8.03. The molecule has 0 spiro atoms. The lowest BCUT2D eigenvalue weighted by molar-refractivity contribution is -0.385. The summed E-state index contributed by atoms with van der Waals surface area (Å²) >= 11 is 0. The summed E-state index contributed by atoms with van der Waals surface area (Å²) in [6, 6.07) is 4.67. The van der Waals surface area contributed by atoms with E-state index in [1.165, 1.54) is 0 Å². The van der Waals surface area contributed by atoms with Crippen molar-refractivity contribution in [2.45, 2.75) is 26.8 Å².